The highest BCUT2D eigenvalue weighted by atomic mass is 32.2. The smallest absolute Gasteiger partial charge is 0.368 e. The number of nitrogens with one attached hydrogen (secondary N) is 3. The van der Waals surface area contributed by atoms with E-state index in [0.29, 0.717) is 24.3 Å². The van der Waals surface area contributed by atoms with Crippen LogP contribution in [0.4, 0.5) is 10.5 Å². The van der Waals surface area contributed by atoms with Crippen LogP contribution in [0.3, 0.4) is 0 Å². The van der Waals surface area contributed by atoms with Crippen molar-refractivity contribution in [2.45, 2.75) is 56.5 Å². The van der Waals surface area contributed by atoms with E-state index < -0.39 is 23.5 Å². The van der Waals surface area contributed by atoms with Gasteiger partial charge in [0.25, 0.3) is 5.91 Å². The van der Waals surface area contributed by atoms with Gasteiger partial charge in [0, 0.05) is 35.6 Å². The lowest BCUT2D eigenvalue weighted by molar-refractivity contribution is -0.139. The predicted molar refractivity (Wildman–Crippen MR) is 131 cm³/mol. The molecule has 2 rings (SSSR count). The Hall–Kier alpha value is -1.91. The standard InChI is InChI=1S/C22H33N3O5S2/c1-22(2,3)30-21(29)32-17-11-16(24-13-17)12-23-15-7-5-6-14(10-15)19(26)25-18(20(27)28)8-9-31-4/h5-7,10,16-18,23-24H,8-9,11-13H2,1-4H3,(H,25,26)(H,27,28)/t16-,17-,18-/m0/s1. The number of benzene rings is 1. The molecule has 10 heteroatoms. The fraction of sp³-hybridized carbons (Fsp3) is 0.591. The molecule has 0 unspecified atom stereocenters. The Kier molecular flexibility index (Phi) is 10.2. The van der Waals surface area contributed by atoms with E-state index in [1.165, 1.54) is 23.5 Å². The Morgan fingerprint density at radius 1 is 1.31 bits per heavy atom. The van der Waals surface area contributed by atoms with Crippen molar-refractivity contribution >= 4 is 46.4 Å². The first kappa shape index (κ1) is 26.3. The zero-order valence-corrected chi connectivity index (χ0v) is 20.6. The summed E-state index contributed by atoms with van der Waals surface area (Å²) in [5, 5.41) is 18.5. The topological polar surface area (TPSA) is 117 Å². The van der Waals surface area contributed by atoms with E-state index in [2.05, 4.69) is 16.0 Å². The molecule has 1 aromatic carbocycles. The number of carbonyl (C=O) groups is 3. The van der Waals surface area contributed by atoms with Gasteiger partial charge in [-0.25, -0.2) is 9.59 Å². The molecule has 0 saturated carbocycles. The molecule has 0 aliphatic carbocycles. The first-order chi connectivity index (χ1) is 15.1. The number of hydrogen-bond acceptors (Lipinski definition) is 8. The summed E-state index contributed by atoms with van der Waals surface area (Å²) in [4.78, 5) is 35.9. The Morgan fingerprint density at radius 3 is 2.72 bits per heavy atom. The van der Waals surface area contributed by atoms with Crippen molar-refractivity contribution in [3.05, 3.63) is 29.8 Å². The lowest BCUT2D eigenvalue weighted by Gasteiger charge is -2.20. The Balaban J connectivity index is 1.83. The predicted octanol–water partition coefficient (Wildman–Crippen LogP) is 3.43. The molecule has 0 spiro atoms. The summed E-state index contributed by atoms with van der Waals surface area (Å²) in [6, 6.07) is 6.28. The van der Waals surface area contributed by atoms with E-state index in [1.54, 1.807) is 18.2 Å². The highest BCUT2D eigenvalue weighted by Gasteiger charge is 2.28. The molecule has 178 valence electrons. The van der Waals surface area contributed by atoms with Gasteiger partial charge in [0.05, 0.1) is 0 Å². The third-order valence-corrected chi connectivity index (χ3v) is 6.34. The number of ether oxygens (including phenoxy) is 1. The number of carboxylic acids is 1. The van der Waals surface area contributed by atoms with E-state index >= 15 is 0 Å². The number of anilines is 1. The third kappa shape index (κ3) is 9.30. The fourth-order valence-corrected chi connectivity index (χ4v) is 4.73. The van der Waals surface area contributed by atoms with Crippen LogP contribution in [0.1, 0.15) is 44.0 Å². The van der Waals surface area contributed by atoms with Crippen molar-refractivity contribution in [1.29, 1.82) is 0 Å². The Morgan fingerprint density at radius 2 is 2.06 bits per heavy atom. The second kappa shape index (κ2) is 12.4. The van der Waals surface area contributed by atoms with Gasteiger partial charge in [0.2, 0.25) is 0 Å². The highest BCUT2D eigenvalue weighted by molar-refractivity contribution is 8.13. The van der Waals surface area contributed by atoms with E-state index in [1.807, 2.05) is 33.1 Å². The van der Waals surface area contributed by atoms with E-state index in [0.717, 1.165) is 18.7 Å². The molecule has 0 bridgehead atoms. The molecule has 1 amide bonds. The second-order valence-corrected chi connectivity index (χ2v) is 10.9. The van der Waals surface area contributed by atoms with Crippen LogP contribution in [0.5, 0.6) is 0 Å². The minimum Gasteiger partial charge on any atom is -0.480 e. The number of carboxylic acid groups (broad SMARTS) is 1. The number of carbonyl (C=O) groups excluding carboxylic acids is 2. The summed E-state index contributed by atoms with van der Waals surface area (Å²) in [6.07, 6.45) is 3.09. The third-order valence-electron chi connectivity index (χ3n) is 4.73. The van der Waals surface area contributed by atoms with Gasteiger partial charge in [-0.15, -0.1) is 0 Å². The largest absolute Gasteiger partial charge is 0.480 e. The molecular weight excluding hydrogens is 450 g/mol. The number of aliphatic carboxylic acids is 1. The van der Waals surface area contributed by atoms with Crippen LogP contribution in [0.25, 0.3) is 0 Å². The maximum Gasteiger partial charge on any atom is 0.368 e. The van der Waals surface area contributed by atoms with Crippen LogP contribution in [-0.2, 0) is 9.53 Å². The lowest BCUT2D eigenvalue weighted by atomic mass is 10.1. The first-order valence-electron chi connectivity index (χ1n) is 10.6. The minimum atomic E-state index is -1.03. The van der Waals surface area contributed by atoms with Gasteiger partial charge in [-0.3, -0.25) is 4.79 Å². The van der Waals surface area contributed by atoms with Crippen molar-refractivity contribution < 1.29 is 24.2 Å². The van der Waals surface area contributed by atoms with Gasteiger partial charge in [-0.1, -0.05) is 6.07 Å². The zero-order chi connectivity index (χ0) is 23.7. The number of amides is 1. The van der Waals surface area contributed by atoms with Gasteiger partial charge < -0.3 is 25.8 Å². The highest BCUT2D eigenvalue weighted by Crippen LogP contribution is 2.25. The number of rotatable bonds is 10. The van der Waals surface area contributed by atoms with Gasteiger partial charge in [-0.05, 0) is 75.6 Å². The second-order valence-electron chi connectivity index (χ2n) is 8.65. The van der Waals surface area contributed by atoms with Gasteiger partial charge in [0.1, 0.15) is 11.6 Å². The Bertz CT molecular complexity index is 800. The molecule has 1 aliphatic heterocycles. The average molecular weight is 484 g/mol. The van der Waals surface area contributed by atoms with E-state index in [-0.39, 0.29) is 16.6 Å². The van der Waals surface area contributed by atoms with Gasteiger partial charge in [0.15, 0.2) is 0 Å². The maximum atomic E-state index is 12.5. The molecule has 0 radical (unpaired) electrons. The van der Waals surface area contributed by atoms with Crippen molar-refractivity contribution in [3.8, 4) is 0 Å². The SMILES string of the molecule is CSCC[C@H](NC(=O)c1cccc(NC[C@@H]2C[C@H](SC(=O)OC(C)(C)C)CN2)c1)C(=O)O. The fourth-order valence-electron chi connectivity index (χ4n) is 3.18. The minimum absolute atomic E-state index is 0.156. The summed E-state index contributed by atoms with van der Waals surface area (Å²) in [7, 11) is 0. The number of hydrogen-bond donors (Lipinski definition) is 4. The van der Waals surface area contributed by atoms with Crippen LogP contribution < -0.4 is 16.0 Å². The molecule has 32 heavy (non-hydrogen) atoms. The molecule has 1 aromatic rings. The van der Waals surface area contributed by atoms with Crippen molar-refractivity contribution in [2.24, 2.45) is 0 Å². The van der Waals surface area contributed by atoms with Crippen LogP contribution in [0, 0.1) is 0 Å². The molecule has 1 aliphatic rings. The molecular formula is C22H33N3O5S2. The summed E-state index contributed by atoms with van der Waals surface area (Å²) in [5.74, 6) is -0.789. The van der Waals surface area contributed by atoms with E-state index in [4.69, 9.17) is 4.74 Å². The first-order valence-corrected chi connectivity index (χ1v) is 12.8. The van der Waals surface area contributed by atoms with Crippen molar-refractivity contribution in [1.82, 2.24) is 10.6 Å². The van der Waals surface area contributed by atoms with Gasteiger partial charge >= 0.3 is 11.3 Å². The average Bonchev–Trinajstić information content (AvgIpc) is 3.15. The van der Waals surface area contributed by atoms with Crippen LogP contribution in [0.15, 0.2) is 24.3 Å². The van der Waals surface area contributed by atoms with Crippen LogP contribution >= 0.6 is 23.5 Å². The summed E-state index contributed by atoms with van der Waals surface area (Å²) in [6.45, 7) is 6.93. The normalized spacial score (nSPS) is 19.2. The van der Waals surface area contributed by atoms with Gasteiger partial charge in [-0.2, -0.15) is 11.8 Å². The number of thioether (sulfide) groups is 2. The lowest BCUT2D eigenvalue weighted by Crippen LogP contribution is -2.41. The van der Waals surface area contributed by atoms with Crippen LogP contribution in [0.2, 0.25) is 0 Å². The quantitative estimate of drug-likeness (QED) is 0.371. The van der Waals surface area contributed by atoms with Crippen molar-refractivity contribution in [3.63, 3.8) is 0 Å². The molecule has 1 heterocycles. The monoisotopic (exact) mass is 483 g/mol. The van der Waals surface area contributed by atoms with Crippen molar-refractivity contribution in [2.75, 3.05) is 30.4 Å². The van der Waals surface area contributed by atoms with Crippen LogP contribution in [-0.4, -0.2) is 70.3 Å². The Labute approximate surface area is 198 Å². The maximum absolute atomic E-state index is 12.5. The molecule has 1 saturated heterocycles. The molecule has 3 atom stereocenters. The molecule has 1 fully saturated rings. The molecule has 8 nitrogen and oxygen atoms in total. The van der Waals surface area contributed by atoms with E-state index in [9.17, 15) is 19.5 Å². The summed E-state index contributed by atoms with van der Waals surface area (Å²) >= 11 is 2.76. The summed E-state index contributed by atoms with van der Waals surface area (Å²) in [5.41, 5.74) is 0.690. The summed E-state index contributed by atoms with van der Waals surface area (Å²) < 4.78 is 5.37. The molecule has 0 aromatic heterocycles. The zero-order valence-electron chi connectivity index (χ0n) is 19.0. The molecule has 4 N–H and O–H groups in total.